The van der Waals surface area contributed by atoms with Crippen LogP contribution in [0.2, 0.25) is 0 Å². The minimum absolute atomic E-state index is 0.221. The Morgan fingerprint density at radius 3 is 2.80 bits per heavy atom. The monoisotopic (exact) mass is 295 g/mol. The molecule has 1 aromatic rings. The summed E-state index contributed by atoms with van der Waals surface area (Å²) in [6.07, 6.45) is 3.36. The molecule has 1 N–H and O–H groups in total. The molecule has 2 amide bonds. The van der Waals surface area contributed by atoms with Crippen molar-refractivity contribution in [1.29, 1.82) is 0 Å². The van der Waals surface area contributed by atoms with E-state index < -0.39 is 12.0 Å². The second-order valence-corrected chi connectivity index (χ2v) is 5.48. The predicted molar refractivity (Wildman–Crippen MR) is 76.3 cm³/mol. The van der Waals surface area contributed by atoms with E-state index in [1.54, 1.807) is 17.3 Å². The number of hydrogen-bond acceptors (Lipinski definition) is 4. The van der Waals surface area contributed by atoms with Gasteiger partial charge in [0, 0.05) is 31.2 Å². The third-order valence-electron chi connectivity index (χ3n) is 3.19. The first kappa shape index (κ1) is 14.6. The lowest BCUT2D eigenvalue weighted by atomic mass is 10.2. The quantitative estimate of drug-likeness (QED) is 0.911. The highest BCUT2D eigenvalue weighted by atomic mass is 32.2. The molecular formula is C13H17N3O3S. The van der Waals surface area contributed by atoms with Gasteiger partial charge in [0.25, 0.3) is 0 Å². The lowest BCUT2D eigenvalue weighted by Gasteiger charge is -2.29. The number of urea groups is 1. The molecule has 1 aliphatic rings. The third kappa shape index (κ3) is 3.22. The highest BCUT2D eigenvalue weighted by Gasteiger charge is 2.36. The van der Waals surface area contributed by atoms with E-state index in [1.165, 1.54) is 16.7 Å². The topological polar surface area (TPSA) is 73.7 Å². The fourth-order valence-electron chi connectivity index (χ4n) is 2.04. The van der Waals surface area contributed by atoms with Crippen LogP contribution in [0.25, 0.3) is 0 Å². The molecule has 1 aliphatic heterocycles. The summed E-state index contributed by atoms with van der Waals surface area (Å²) in [5, 5.41) is 9.14. The Balaban J connectivity index is 2.07. The van der Waals surface area contributed by atoms with E-state index in [0.29, 0.717) is 24.7 Å². The zero-order chi connectivity index (χ0) is 14.5. The van der Waals surface area contributed by atoms with Crippen molar-refractivity contribution >= 4 is 23.8 Å². The number of carboxylic acids is 1. The number of pyridine rings is 1. The van der Waals surface area contributed by atoms with Gasteiger partial charge in [0.05, 0.1) is 5.88 Å². The standard InChI is InChI=1S/C13H17N3O3S/c1-2-15(7-10-3-5-14-6-4-10)13(19)16-9-20-8-11(16)12(17)18/h3-6,11H,2,7-9H2,1H3,(H,17,18)/t11-/m0/s1. The van der Waals surface area contributed by atoms with Gasteiger partial charge in [0.1, 0.15) is 6.04 Å². The molecule has 7 heteroatoms. The van der Waals surface area contributed by atoms with Crippen molar-refractivity contribution in [3.8, 4) is 0 Å². The minimum Gasteiger partial charge on any atom is -0.480 e. The average Bonchev–Trinajstić information content (AvgIpc) is 2.94. The Morgan fingerprint density at radius 2 is 2.20 bits per heavy atom. The number of nitrogens with zero attached hydrogens (tertiary/aromatic N) is 3. The molecule has 1 atom stereocenters. The summed E-state index contributed by atoms with van der Waals surface area (Å²) in [4.78, 5) is 30.6. The molecule has 1 saturated heterocycles. The third-order valence-corrected chi connectivity index (χ3v) is 4.20. The first-order chi connectivity index (χ1) is 9.63. The van der Waals surface area contributed by atoms with Crippen molar-refractivity contribution in [2.24, 2.45) is 0 Å². The molecule has 6 nitrogen and oxygen atoms in total. The van der Waals surface area contributed by atoms with Gasteiger partial charge in [0.15, 0.2) is 0 Å². The molecule has 108 valence electrons. The number of hydrogen-bond donors (Lipinski definition) is 1. The number of rotatable bonds is 4. The number of aromatic nitrogens is 1. The molecule has 0 radical (unpaired) electrons. The maximum atomic E-state index is 12.5. The Morgan fingerprint density at radius 1 is 1.50 bits per heavy atom. The van der Waals surface area contributed by atoms with E-state index >= 15 is 0 Å². The van der Waals surface area contributed by atoms with E-state index in [-0.39, 0.29) is 6.03 Å². The van der Waals surface area contributed by atoms with E-state index in [1.807, 2.05) is 19.1 Å². The molecule has 0 aliphatic carbocycles. The fraction of sp³-hybridized carbons (Fsp3) is 0.462. The van der Waals surface area contributed by atoms with Gasteiger partial charge in [-0.05, 0) is 24.6 Å². The van der Waals surface area contributed by atoms with Crippen molar-refractivity contribution in [2.75, 3.05) is 18.2 Å². The molecule has 1 fully saturated rings. The van der Waals surface area contributed by atoms with Gasteiger partial charge in [-0.25, -0.2) is 9.59 Å². The van der Waals surface area contributed by atoms with Crippen molar-refractivity contribution in [3.63, 3.8) is 0 Å². The van der Waals surface area contributed by atoms with Crippen molar-refractivity contribution < 1.29 is 14.7 Å². The normalized spacial score (nSPS) is 18.1. The van der Waals surface area contributed by atoms with Crippen LogP contribution >= 0.6 is 11.8 Å². The minimum atomic E-state index is -0.941. The van der Waals surface area contributed by atoms with Gasteiger partial charge in [-0.1, -0.05) is 0 Å². The van der Waals surface area contributed by atoms with Crippen molar-refractivity contribution in [3.05, 3.63) is 30.1 Å². The van der Waals surface area contributed by atoms with Crippen LogP contribution in [0.5, 0.6) is 0 Å². The fourth-order valence-corrected chi connectivity index (χ4v) is 3.18. The summed E-state index contributed by atoms with van der Waals surface area (Å²) in [6.45, 7) is 2.89. The summed E-state index contributed by atoms with van der Waals surface area (Å²) in [7, 11) is 0. The van der Waals surface area contributed by atoms with E-state index in [2.05, 4.69) is 4.98 Å². The second kappa shape index (κ2) is 6.60. The molecule has 0 unspecified atom stereocenters. The molecule has 20 heavy (non-hydrogen) atoms. The van der Waals surface area contributed by atoms with Gasteiger partial charge in [0.2, 0.25) is 0 Å². The maximum absolute atomic E-state index is 12.5. The summed E-state index contributed by atoms with van der Waals surface area (Å²) in [5.74, 6) is -0.0559. The first-order valence-corrected chi connectivity index (χ1v) is 7.54. The van der Waals surface area contributed by atoms with Gasteiger partial charge < -0.3 is 14.9 Å². The van der Waals surface area contributed by atoms with Crippen LogP contribution in [-0.2, 0) is 11.3 Å². The second-order valence-electron chi connectivity index (χ2n) is 4.48. The van der Waals surface area contributed by atoms with Crippen LogP contribution in [-0.4, -0.2) is 56.1 Å². The number of aliphatic carboxylic acids is 1. The van der Waals surface area contributed by atoms with E-state index in [0.717, 1.165) is 5.56 Å². The Kier molecular flexibility index (Phi) is 4.84. The van der Waals surface area contributed by atoms with Crippen LogP contribution in [0.1, 0.15) is 12.5 Å². The molecule has 2 rings (SSSR count). The molecule has 0 aromatic carbocycles. The van der Waals surface area contributed by atoms with Gasteiger partial charge in [-0.3, -0.25) is 4.98 Å². The predicted octanol–water partition coefficient (Wildman–Crippen LogP) is 1.48. The highest BCUT2D eigenvalue weighted by molar-refractivity contribution is 7.99. The van der Waals surface area contributed by atoms with Crippen LogP contribution < -0.4 is 0 Å². The van der Waals surface area contributed by atoms with Crippen LogP contribution in [0.15, 0.2) is 24.5 Å². The lowest BCUT2D eigenvalue weighted by Crippen LogP contribution is -2.48. The number of carboxylic acid groups (broad SMARTS) is 1. The largest absolute Gasteiger partial charge is 0.480 e. The van der Waals surface area contributed by atoms with Gasteiger partial charge >= 0.3 is 12.0 Å². The Hall–Kier alpha value is -1.76. The molecule has 0 bridgehead atoms. The summed E-state index contributed by atoms with van der Waals surface area (Å²) >= 11 is 1.47. The number of carbonyl (C=O) groups excluding carboxylic acids is 1. The van der Waals surface area contributed by atoms with Gasteiger partial charge in [-0.2, -0.15) is 0 Å². The Labute approximate surface area is 121 Å². The van der Waals surface area contributed by atoms with E-state index in [9.17, 15) is 9.59 Å². The number of carbonyl (C=O) groups is 2. The van der Waals surface area contributed by atoms with Crippen LogP contribution in [0.4, 0.5) is 4.79 Å². The molecule has 2 heterocycles. The maximum Gasteiger partial charge on any atom is 0.327 e. The summed E-state index contributed by atoms with van der Waals surface area (Å²) in [5.41, 5.74) is 0.980. The average molecular weight is 295 g/mol. The van der Waals surface area contributed by atoms with E-state index in [4.69, 9.17) is 5.11 Å². The highest BCUT2D eigenvalue weighted by Crippen LogP contribution is 2.23. The first-order valence-electron chi connectivity index (χ1n) is 6.38. The van der Waals surface area contributed by atoms with Crippen LogP contribution in [0, 0.1) is 0 Å². The Bertz CT molecular complexity index is 483. The van der Waals surface area contributed by atoms with Crippen molar-refractivity contribution in [2.45, 2.75) is 19.5 Å². The zero-order valence-electron chi connectivity index (χ0n) is 11.2. The number of amides is 2. The lowest BCUT2D eigenvalue weighted by molar-refractivity contribution is -0.140. The summed E-state index contributed by atoms with van der Waals surface area (Å²) < 4.78 is 0. The molecule has 1 aromatic heterocycles. The SMILES string of the molecule is CCN(Cc1ccncc1)C(=O)N1CSC[C@H]1C(=O)O. The zero-order valence-corrected chi connectivity index (χ0v) is 12.0. The van der Waals surface area contributed by atoms with Crippen molar-refractivity contribution in [1.82, 2.24) is 14.8 Å². The van der Waals surface area contributed by atoms with Crippen LogP contribution in [0.3, 0.4) is 0 Å². The van der Waals surface area contributed by atoms with Gasteiger partial charge in [-0.15, -0.1) is 11.8 Å². The number of thioether (sulfide) groups is 1. The smallest absolute Gasteiger partial charge is 0.327 e. The summed E-state index contributed by atoms with van der Waals surface area (Å²) in [6, 6.07) is 2.76. The molecule has 0 spiro atoms. The molecule has 0 saturated carbocycles. The molecular weight excluding hydrogens is 278 g/mol.